The van der Waals surface area contributed by atoms with Crippen LogP contribution < -0.4 is 9.47 Å². The fourth-order valence-corrected chi connectivity index (χ4v) is 6.86. The Morgan fingerprint density at radius 3 is 1.45 bits per heavy atom. The van der Waals surface area contributed by atoms with Crippen LogP contribution >= 0.6 is 0 Å². The van der Waals surface area contributed by atoms with Crippen LogP contribution in [0, 0.1) is 18.8 Å². The molecule has 0 N–H and O–H groups in total. The van der Waals surface area contributed by atoms with Crippen molar-refractivity contribution >= 4 is 0 Å². The molecule has 0 aliphatic heterocycles. The average molecular weight is 613 g/mol. The Kier molecular flexibility index (Phi) is 9.01. The topological polar surface area (TPSA) is 18.5 Å². The number of fused-ring (bicyclic) bond motifs is 10. The van der Waals surface area contributed by atoms with Gasteiger partial charge in [0.2, 0.25) is 0 Å². The minimum absolute atomic E-state index is 0.385. The minimum Gasteiger partial charge on any atom is -0.497 e. The van der Waals surface area contributed by atoms with Gasteiger partial charge in [-0.1, -0.05) is 118 Å². The Morgan fingerprint density at radius 2 is 0.894 bits per heavy atom. The largest absolute Gasteiger partial charge is 0.497 e. The van der Waals surface area contributed by atoms with Gasteiger partial charge in [-0.05, 0) is 112 Å². The van der Waals surface area contributed by atoms with E-state index in [0.29, 0.717) is 0 Å². The molecule has 2 aliphatic rings. The van der Waals surface area contributed by atoms with Gasteiger partial charge in [-0.2, -0.15) is 0 Å². The lowest BCUT2D eigenvalue weighted by Gasteiger charge is -2.30. The molecule has 0 heterocycles. The maximum absolute atomic E-state index is 6.49. The molecule has 0 amide bonds. The van der Waals surface area contributed by atoms with Crippen molar-refractivity contribution in [3.63, 3.8) is 0 Å². The molecule has 2 nitrogen and oxygen atoms in total. The predicted octanol–water partition coefficient (Wildman–Crippen LogP) is 11.6. The molecule has 232 valence electrons. The molecule has 2 heteroatoms. The van der Waals surface area contributed by atoms with E-state index < -0.39 is 0 Å². The minimum atomic E-state index is -0.385. The number of benzene rings is 6. The van der Waals surface area contributed by atoms with Crippen LogP contribution in [0.15, 0.2) is 133 Å². The van der Waals surface area contributed by atoms with E-state index in [-0.39, 0.29) is 5.41 Å². The number of ether oxygens (including phenoxy) is 2. The van der Waals surface area contributed by atoms with E-state index in [4.69, 9.17) is 9.47 Å². The van der Waals surface area contributed by atoms with Gasteiger partial charge < -0.3 is 9.47 Å². The summed E-state index contributed by atoms with van der Waals surface area (Å²) in [5.41, 5.74) is 13.2. The molecule has 8 rings (SSSR count). The van der Waals surface area contributed by atoms with Crippen LogP contribution in [0.2, 0.25) is 0 Å². The van der Waals surface area contributed by atoms with Crippen molar-refractivity contribution in [3.05, 3.63) is 172 Å². The van der Waals surface area contributed by atoms with Crippen molar-refractivity contribution in [1.82, 2.24) is 0 Å². The second-order valence-electron chi connectivity index (χ2n) is 11.2. The van der Waals surface area contributed by atoms with Crippen LogP contribution in [-0.4, -0.2) is 7.11 Å². The average Bonchev–Trinajstić information content (AvgIpc) is 3.60. The van der Waals surface area contributed by atoms with Crippen LogP contribution in [0.3, 0.4) is 0 Å². The van der Waals surface area contributed by atoms with Gasteiger partial charge in [0.05, 0.1) is 12.5 Å². The summed E-state index contributed by atoms with van der Waals surface area (Å²) in [5, 5.41) is 0. The van der Waals surface area contributed by atoms with Crippen molar-refractivity contribution in [1.29, 1.82) is 0 Å². The number of hydrogen-bond donors (Lipinski definition) is 0. The zero-order valence-corrected chi connectivity index (χ0v) is 28.0. The van der Waals surface area contributed by atoms with Gasteiger partial charge in [-0.3, -0.25) is 0 Å². The summed E-state index contributed by atoms with van der Waals surface area (Å²) < 4.78 is 11.7. The number of rotatable bonds is 3. The normalized spacial score (nSPS) is 12.0. The first kappa shape index (κ1) is 31.5. The molecule has 0 radical (unpaired) electrons. The lowest BCUT2D eigenvalue weighted by Crippen LogP contribution is -2.26. The first-order chi connectivity index (χ1) is 23.1. The monoisotopic (exact) mass is 612 g/mol. The molecule has 6 aromatic rings. The van der Waals surface area contributed by atoms with Gasteiger partial charge in [0.1, 0.15) is 17.2 Å². The number of methoxy groups -OCH3 is 1. The second-order valence-corrected chi connectivity index (χ2v) is 11.2. The van der Waals surface area contributed by atoms with E-state index in [1.165, 1.54) is 50.1 Å². The van der Waals surface area contributed by atoms with Crippen LogP contribution in [0.5, 0.6) is 17.2 Å². The fraction of sp³-hybridized carbons (Fsp3) is 0.156. The Hall–Kier alpha value is -5.52. The molecular weight excluding hydrogens is 572 g/mol. The van der Waals surface area contributed by atoms with Crippen LogP contribution in [0.25, 0.3) is 22.3 Å². The van der Waals surface area contributed by atoms with Gasteiger partial charge in [-0.25, -0.2) is 0 Å². The second kappa shape index (κ2) is 13.5. The highest BCUT2D eigenvalue weighted by atomic mass is 16.5. The maximum Gasteiger partial charge on any atom is 0.127 e. The highest BCUT2D eigenvalue weighted by Crippen LogP contribution is 2.63. The Balaban J connectivity index is 0.000000932. The highest BCUT2D eigenvalue weighted by molar-refractivity contribution is 5.95. The van der Waals surface area contributed by atoms with Gasteiger partial charge in [0.25, 0.3) is 0 Å². The van der Waals surface area contributed by atoms with Crippen LogP contribution in [0.4, 0.5) is 0 Å². The SMILES string of the molecule is CC.CC.COc1ccc(C#Cc2ccc(Oc3ccc4c(c3)C3(c5ccccc5-c5ccccc53)c3cc(C)ccc3-4)cc2)cc1. The third-order valence-electron chi connectivity index (χ3n) is 8.75. The lowest BCUT2D eigenvalue weighted by molar-refractivity contribution is 0.415. The number of hydrogen-bond acceptors (Lipinski definition) is 2. The summed E-state index contributed by atoms with van der Waals surface area (Å²) in [6.45, 7) is 10.2. The Morgan fingerprint density at radius 1 is 0.447 bits per heavy atom. The lowest BCUT2D eigenvalue weighted by atomic mass is 9.70. The van der Waals surface area contributed by atoms with Gasteiger partial charge in [-0.15, -0.1) is 0 Å². The molecule has 6 aromatic carbocycles. The molecule has 2 aliphatic carbocycles. The first-order valence-corrected chi connectivity index (χ1v) is 16.5. The smallest absolute Gasteiger partial charge is 0.127 e. The van der Waals surface area contributed by atoms with E-state index in [1.54, 1.807) is 7.11 Å². The van der Waals surface area contributed by atoms with Gasteiger partial charge >= 0.3 is 0 Å². The third-order valence-corrected chi connectivity index (χ3v) is 8.75. The molecular formula is C45H40O2. The summed E-state index contributed by atoms with van der Waals surface area (Å²) in [7, 11) is 1.66. The van der Waals surface area contributed by atoms with Crippen molar-refractivity contribution in [2.45, 2.75) is 40.0 Å². The molecule has 0 bridgehead atoms. The highest BCUT2D eigenvalue weighted by Gasteiger charge is 2.51. The molecule has 0 aromatic heterocycles. The van der Waals surface area contributed by atoms with Crippen LogP contribution in [-0.2, 0) is 5.41 Å². The summed E-state index contributed by atoms with van der Waals surface area (Å²) in [5.74, 6) is 8.89. The quantitative estimate of drug-likeness (QED) is 0.185. The van der Waals surface area contributed by atoms with Crippen LogP contribution in [0.1, 0.15) is 66.6 Å². The van der Waals surface area contributed by atoms with E-state index in [0.717, 1.165) is 28.4 Å². The zero-order valence-electron chi connectivity index (χ0n) is 28.0. The van der Waals surface area contributed by atoms with Gasteiger partial charge in [0.15, 0.2) is 0 Å². The van der Waals surface area contributed by atoms with E-state index >= 15 is 0 Å². The van der Waals surface area contributed by atoms with Crippen molar-refractivity contribution in [3.8, 4) is 51.3 Å². The summed E-state index contributed by atoms with van der Waals surface area (Å²) in [6.07, 6.45) is 0. The standard InChI is InChI=1S/C41H28O2.2C2H6/c1-27-11-23-35-36-24-22-32(43-31-20-16-29(17-21-31)13-12-28-14-18-30(42-2)19-15-28)26-40(36)41(39(35)25-27)37-9-5-3-7-33(37)34-8-4-6-10-38(34)41;2*1-2/h3-11,14-26H,1-2H3;2*1-2H3. The van der Waals surface area contributed by atoms with Crippen molar-refractivity contribution in [2.24, 2.45) is 0 Å². The van der Waals surface area contributed by atoms with E-state index in [9.17, 15) is 0 Å². The molecule has 47 heavy (non-hydrogen) atoms. The summed E-state index contributed by atoms with van der Waals surface area (Å²) >= 11 is 0. The molecule has 0 atom stereocenters. The Bertz CT molecular complexity index is 2040. The first-order valence-electron chi connectivity index (χ1n) is 16.5. The van der Waals surface area contributed by atoms with E-state index in [2.05, 4.69) is 104 Å². The zero-order chi connectivity index (χ0) is 33.0. The van der Waals surface area contributed by atoms with Gasteiger partial charge in [0, 0.05) is 11.1 Å². The molecule has 0 unspecified atom stereocenters. The van der Waals surface area contributed by atoms with E-state index in [1.807, 2.05) is 76.2 Å². The Labute approximate surface area is 279 Å². The molecule has 0 saturated heterocycles. The van der Waals surface area contributed by atoms with Crippen molar-refractivity contribution in [2.75, 3.05) is 7.11 Å². The van der Waals surface area contributed by atoms with Crippen molar-refractivity contribution < 1.29 is 9.47 Å². The third kappa shape index (κ3) is 5.39. The number of aryl methyl sites for hydroxylation is 1. The summed E-state index contributed by atoms with van der Waals surface area (Å²) in [4.78, 5) is 0. The molecule has 0 saturated carbocycles. The molecule has 1 spiro atoms. The summed E-state index contributed by atoms with van der Waals surface area (Å²) in [6, 6.07) is 46.9. The molecule has 0 fully saturated rings. The predicted molar refractivity (Wildman–Crippen MR) is 196 cm³/mol. The fourth-order valence-electron chi connectivity index (χ4n) is 6.86. The maximum atomic E-state index is 6.49.